The third kappa shape index (κ3) is 2.23. The minimum absolute atomic E-state index is 0.108. The molecule has 4 nitrogen and oxygen atoms in total. The summed E-state index contributed by atoms with van der Waals surface area (Å²) in [5.74, 6) is 0.755. The van der Waals surface area contributed by atoms with Crippen LogP contribution >= 0.6 is 0 Å². The normalized spacial score (nSPS) is 17.8. The number of nitrogens with zero attached hydrogens (tertiary/aromatic N) is 2. The Morgan fingerprint density at radius 3 is 2.67 bits per heavy atom. The summed E-state index contributed by atoms with van der Waals surface area (Å²) in [5, 5.41) is 0. The number of benzene rings is 1. The molecule has 112 valence electrons. The second-order valence-corrected chi connectivity index (χ2v) is 5.85. The van der Waals surface area contributed by atoms with E-state index < -0.39 is 5.41 Å². The number of ether oxygens (including phenoxy) is 1. The lowest BCUT2D eigenvalue weighted by Gasteiger charge is -2.34. The molecule has 1 aliphatic rings. The van der Waals surface area contributed by atoms with Crippen LogP contribution in [0.25, 0.3) is 11.0 Å². The molecule has 1 aliphatic carbocycles. The van der Waals surface area contributed by atoms with Gasteiger partial charge in [0.05, 0.1) is 17.6 Å². The standard InChI is InChI=1S/C17H22N2O2/c1-3-21-16(20)17(11-7-4-8-12-17)15-18-13-9-5-6-10-14(13)19(15)2/h5-6,9-10H,3-4,7-8,11-12H2,1-2H3. The maximum absolute atomic E-state index is 12.7. The number of rotatable bonds is 3. The van der Waals surface area contributed by atoms with Crippen molar-refractivity contribution in [3.8, 4) is 0 Å². The Morgan fingerprint density at radius 1 is 1.29 bits per heavy atom. The summed E-state index contributed by atoms with van der Waals surface area (Å²) in [5.41, 5.74) is 1.45. The molecule has 1 saturated carbocycles. The van der Waals surface area contributed by atoms with Crippen molar-refractivity contribution in [1.29, 1.82) is 0 Å². The van der Waals surface area contributed by atoms with Crippen LogP contribution in [0.4, 0.5) is 0 Å². The molecule has 1 aromatic heterocycles. The highest BCUT2D eigenvalue weighted by atomic mass is 16.5. The van der Waals surface area contributed by atoms with Gasteiger partial charge < -0.3 is 9.30 Å². The van der Waals surface area contributed by atoms with Gasteiger partial charge in [0, 0.05) is 7.05 Å². The number of fused-ring (bicyclic) bond motifs is 1. The van der Waals surface area contributed by atoms with Crippen LogP contribution in [0.2, 0.25) is 0 Å². The van der Waals surface area contributed by atoms with Crippen molar-refractivity contribution in [3.63, 3.8) is 0 Å². The highest BCUT2D eigenvalue weighted by Crippen LogP contribution is 2.40. The van der Waals surface area contributed by atoms with E-state index in [1.165, 1.54) is 6.42 Å². The van der Waals surface area contributed by atoms with Crippen LogP contribution < -0.4 is 0 Å². The predicted octanol–water partition coefficient (Wildman–Crippen LogP) is 3.34. The van der Waals surface area contributed by atoms with Gasteiger partial charge in [-0.3, -0.25) is 4.79 Å². The van der Waals surface area contributed by atoms with Crippen LogP contribution in [-0.2, 0) is 22.0 Å². The molecular weight excluding hydrogens is 264 g/mol. The first-order valence-corrected chi connectivity index (χ1v) is 7.78. The average molecular weight is 286 g/mol. The van der Waals surface area contributed by atoms with Gasteiger partial charge in [0.25, 0.3) is 0 Å². The number of esters is 1. The molecule has 1 aromatic carbocycles. The molecule has 0 bridgehead atoms. The topological polar surface area (TPSA) is 44.1 Å². The van der Waals surface area contributed by atoms with Crippen molar-refractivity contribution in [3.05, 3.63) is 30.1 Å². The van der Waals surface area contributed by atoms with Gasteiger partial charge in [-0.25, -0.2) is 4.98 Å². The fourth-order valence-corrected chi connectivity index (χ4v) is 3.52. The number of imidazole rings is 1. The van der Waals surface area contributed by atoms with Gasteiger partial charge >= 0.3 is 5.97 Å². The number of carbonyl (C=O) groups excluding carboxylic acids is 1. The van der Waals surface area contributed by atoms with Gasteiger partial charge in [-0.05, 0) is 31.9 Å². The first kappa shape index (κ1) is 14.1. The Bertz CT molecular complexity index is 654. The third-order valence-corrected chi connectivity index (χ3v) is 4.59. The first-order chi connectivity index (χ1) is 10.2. The summed E-state index contributed by atoms with van der Waals surface area (Å²) in [7, 11) is 2.00. The monoisotopic (exact) mass is 286 g/mol. The first-order valence-electron chi connectivity index (χ1n) is 7.78. The average Bonchev–Trinajstić information content (AvgIpc) is 2.86. The van der Waals surface area contributed by atoms with Crippen molar-refractivity contribution in [2.75, 3.05) is 6.61 Å². The van der Waals surface area contributed by atoms with Crippen molar-refractivity contribution < 1.29 is 9.53 Å². The number of aromatic nitrogens is 2. The van der Waals surface area contributed by atoms with Gasteiger partial charge in [-0.1, -0.05) is 31.4 Å². The highest BCUT2D eigenvalue weighted by Gasteiger charge is 2.46. The molecular formula is C17H22N2O2. The third-order valence-electron chi connectivity index (χ3n) is 4.59. The fraction of sp³-hybridized carbons (Fsp3) is 0.529. The van der Waals surface area contributed by atoms with Gasteiger partial charge in [-0.2, -0.15) is 0 Å². The molecule has 0 amide bonds. The molecule has 1 heterocycles. The van der Waals surface area contributed by atoms with Crippen molar-refractivity contribution >= 4 is 17.0 Å². The summed E-state index contributed by atoms with van der Waals surface area (Å²) >= 11 is 0. The van der Waals surface area contributed by atoms with E-state index in [0.29, 0.717) is 6.61 Å². The van der Waals surface area contributed by atoms with E-state index in [1.807, 2.05) is 38.2 Å². The second-order valence-electron chi connectivity index (χ2n) is 5.85. The van der Waals surface area contributed by atoms with Crippen molar-refractivity contribution in [2.45, 2.75) is 44.4 Å². The lowest BCUT2D eigenvalue weighted by atomic mass is 9.73. The molecule has 21 heavy (non-hydrogen) atoms. The summed E-state index contributed by atoms with van der Waals surface area (Å²) in [4.78, 5) is 17.4. The van der Waals surface area contributed by atoms with E-state index in [2.05, 4.69) is 4.57 Å². The molecule has 0 unspecified atom stereocenters. The molecule has 1 fully saturated rings. The van der Waals surface area contributed by atoms with Crippen molar-refractivity contribution in [1.82, 2.24) is 9.55 Å². The van der Waals surface area contributed by atoms with Crippen LogP contribution in [0.1, 0.15) is 44.9 Å². The fourth-order valence-electron chi connectivity index (χ4n) is 3.52. The van der Waals surface area contributed by atoms with E-state index >= 15 is 0 Å². The van der Waals surface area contributed by atoms with Gasteiger partial charge in [0.15, 0.2) is 0 Å². The van der Waals surface area contributed by atoms with Gasteiger partial charge in [-0.15, -0.1) is 0 Å². The molecule has 0 aliphatic heterocycles. The largest absolute Gasteiger partial charge is 0.465 e. The lowest BCUT2D eigenvalue weighted by Crippen LogP contribution is -2.41. The second kappa shape index (κ2) is 5.51. The number of hydrogen-bond donors (Lipinski definition) is 0. The predicted molar refractivity (Wildman–Crippen MR) is 82.1 cm³/mol. The Labute approximate surface area is 125 Å². The summed E-state index contributed by atoms with van der Waals surface area (Å²) in [6.45, 7) is 2.29. The Morgan fingerprint density at radius 2 is 2.00 bits per heavy atom. The summed E-state index contributed by atoms with van der Waals surface area (Å²) in [6, 6.07) is 8.04. The molecule has 0 spiro atoms. The summed E-state index contributed by atoms with van der Waals surface area (Å²) < 4.78 is 7.46. The maximum Gasteiger partial charge on any atom is 0.319 e. The highest BCUT2D eigenvalue weighted by molar-refractivity contribution is 5.85. The minimum atomic E-state index is -0.567. The zero-order chi connectivity index (χ0) is 14.9. The number of aryl methyl sites for hydroxylation is 1. The molecule has 2 aromatic rings. The molecule has 0 N–H and O–H groups in total. The SMILES string of the molecule is CCOC(=O)C1(c2nc3ccccc3n2C)CCCCC1. The van der Waals surface area contributed by atoms with E-state index in [9.17, 15) is 4.79 Å². The zero-order valence-corrected chi connectivity index (χ0v) is 12.8. The number of hydrogen-bond acceptors (Lipinski definition) is 3. The Kier molecular flexibility index (Phi) is 3.70. The molecule has 3 rings (SSSR count). The smallest absolute Gasteiger partial charge is 0.319 e. The van der Waals surface area contributed by atoms with Crippen LogP contribution in [0.5, 0.6) is 0 Å². The van der Waals surface area contributed by atoms with Gasteiger partial charge in [0.2, 0.25) is 0 Å². The molecule has 4 heteroatoms. The van der Waals surface area contributed by atoms with Crippen LogP contribution in [0.15, 0.2) is 24.3 Å². The Balaban J connectivity index is 2.14. The number of para-hydroxylation sites is 2. The van der Waals surface area contributed by atoms with E-state index in [4.69, 9.17) is 9.72 Å². The van der Waals surface area contributed by atoms with E-state index in [0.717, 1.165) is 42.5 Å². The quantitative estimate of drug-likeness (QED) is 0.813. The van der Waals surface area contributed by atoms with Crippen LogP contribution in [0, 0.1) is 0 Å². The van der Waals surface area contributed by atoms with Crippen molar-refractivity contribution in [2.24, 2.45) is 7.05 Å². The Hall–Kier alpha value is -1.84. The van der Waals surface area contributed by atoms with E-state index in [-0.39, 0.29) is 5.97 Å². The zero-order valence-electron chi connectivity index (χ0n) is 12.8. The molecule has 0 radical (unpaired) electrons. The van der Waals surface area contributed by atoms with Gasteiger partial charge in [0.1, 0.15) is 11.2 Å². The molecule has 0 atom stereocenters. The maximum atomic E-state index is 12.7. The summed E-state index contributed by atoms with van der Waals surface area (Å²) in [6.07, 6.45) is 4.97. The number of carbonyl (C=O) groups is 1. The lowest BCUT2D eigenvalue weighted by molar-refractivity contribution is -0.152. The van der Waals surface area contributed by atoms with Crippen LogP contribution in [0.3, 0.4) is 0 Å². The molecule has 0 saturated heterocycles. The minimum Gasteiger partial charge on any atom is -0.465 e. The van der Waals surface area contributed by atoms with Crippen LogP contribution in [-0.4, -0.2) is 22.1 Å². The van der Waals surface area contributed by atoms with E-state index in [1.54, 1.807) is 0 Å².